The Morgan fingerprint density at radius 2 is 1.39 bits per heavy atom. The summed E-state index contributed by atoms with van der Waals surface area (Å²) in [5.41, 5.74) is 1.25. The lowest BCUT2D eigenvalue weighted by atomic mass is 10.1. The highest BCUT2D eigenvalue weighted by Gasteiger charge is 2.28. The number of non-ortho nitro benzene ring substituents is 1. The van der Waals surface area contributed by atoms with Crippen LogP contribution in [0.3, 0.4) is 0 Å². The van der Waals surface area contributed by atoms with Gasteiger partial charge in [0.05, 0.1) is 42.2 Å². The number of nitro groups is 1. The average Bonchev–Trinajstić information content (AvgIpc) is 2.76. The molecule has 7 nitrogen and oxygen atoms in total. The van der Waals surface area contributed by atoms with E-state index in [0.717, 1.165) is 9.79 Å². The van der Waals surface area contributed by atoms with Crippen molar-refractivity contribution in [2.24, 2.45) is 9.98 Å². The molecule has 150 valence electrons. The molecule has 6 rings (SSSR count). The van der Waals surface area contributed by atoms with Crippen LogP contribution in [0, 0.1) is 10.1 Å². The van der Waals surface area contributed by atoms with E-state index in [2.05, 4.69) is 9.97 Å². The predicted molar refractivity (Wildman–Crippen MR) is 119 cm³/mol. The van der Waals surface area contributed by atoms with Gasteiger partial charge in [0.15, 0.2) is 0 Å². The fourth-order valence-electron chi connectivity index (χ4n) is 3.57. The summed E-state index contributed by atoms with van der Waals surface area (Å²) in [6.07, 6.45) is 0. The first kappa shape index (κ1) is 19.0. The Balaban J connectivity index is 1.82. The van der Waals surface area contributed by atoms with Crippen LogP contribution in [-0.4, -0.2) is 14.9 Å². The van der Waals surface area contributed by atoms with Crippen LogP contribution in [0.2, 0.25) is 10.3 Å². The summed E-state index contributed by atoms with van der Waals surface area (Å²) < 4.78 is 0. The number of halogens is 2. The Morgan fingerprint density at radius 3 is 2.00 bits per heavy atom. The van der Waals surface area contributed by atoms with Crippen LogP contribution in [0.1, 0.15) is 0 Å². The van der Waals surface area contributed by atoms with Crippen LogP contribution in [0.4, 0.5) is 17.1 Å². The van der Waals surface area contributed by atoms with E-state index >= 15 is 0 Å². The van der Waals surface area contributed by atoms with E-state index in [9.17, 15) is 10.1 Å². The van der Waals surface area contributed by atoms with Gasteiger partial charge in [0.1, 0.15) is 20.4 Å². The van der Waals surface area contributed by atoms with Gasteiger partial charge in [-0.1, -0.05) is 58.9 Å². The topological polar surface area (TPSA) is 93.6 Å². The highest BCUT2D eigenvalue weighted by atomic mass is 35.5. The third kappa shape index (κ3) is 2.92. The molecule has 0 radical (unpaired) electrons. The van der Waals surface area contributed by atoms with Crippen molar-refractivity contribution in [2.75, 3.05) is 0 Å². The molecule has 0 N–H and O–H groups in total. The van der Waals surface area contributed by atoms with Gasteiger partial charge in [-0.15, -0.1) is 0 Å². The minimum atomic E-state index is -0.393. The molecule has 0 spiro atoms. The smallest absolute Gasteiger partial charge is 0.258 e. The normalized spacial score (nSPS) is 13.4. The highest BCUT2D eigenvalue weighted by molar-refractivity contribution is 8.02. The molecule has 2 aromatic carbocycles. The summed E-state index contributed by atoms with van der Waals surface area (Å²) in [6.45, 7) is 0. The minimum absolute atomic E-state index is 0.0218. The second-order valence-corrected chi connectivity index (χ2v) is 9.43. The van der Waals surface area contributed by atoms with E-state index in [0.29, 0.717) is 53.2 Å². The van der Waals surface area contributed by atoms with Crippen molar-refractivity contribution >= 4 is 74.6 Å². The lowest BCUT2D eigenvalue weighted by Crippen LogP contribution is -2.22. The van der Waals surface area contributed by atoms with Gasteiger partial charge in [-0.3, -0.25) is 10.1 Å². The summed E-state index contributed by atoms with van der Waals surface area (Å²) >= 11 is 15.0. The van der Waals surface area contributed by atoms with Gasteiger partial charge in [0.25, 0.3) is 5.69 Å². The van der Waals surface area contributed by atoms with Crippen LogP contribution < -0.4 is 10.7 Å². The maximum Gasteiger partial charge on any atom is 0.279 e. The number of hydrogen-bond donors (Lipinski definition) is 0. The van der Waals surface area contributed by atoms with Gasteiger partial charge >= 0.3 is 0 Å². The van der Waals surface area contributed by atoms with E-state index in [1.54, 1.807) is 30.3 Å². The van der Waals surface area contributed by atoms with Crippen LogP contribution in [-0.2, 0) is 0 Å². The first-order valence-electron chi connectivity index (χ1n) is 8.89. The average molecular weight is 484 g/mol. The lowest BCUT2D eigenvalue weighted by molar-refractivity contribution is -0.383. The van der Waals surface area contributed by atoms with Gasteiger partial charge in [0.2, 0.25) is 0 Å². The largest absolute Gasteiger partial charge is 0.279 e. The quantitative estimate of drug-likeness (QED) is 0.169. The van der Waals surface area contributed by atoms with E-state index < -0.39 is 4.92 Å². The first-order chi connectivity index (χ1) is 15.0. The van der Waals surface area contributed by atoms with Gasteiger partial charge in [-0.05, 0) is 24.3 Å². The highest BCUT2D eigenvalue weighted by Crippen LogP contribution is 2.45. The number of fused-ring (bicyclic) bond motifs is 8. The van der Waals surface area contributed by atoms with Gasteiger partial charge in [-0.25, -0.2) is 20.0 Å². The third-order valence-corrected chi connectivity index (χ3v) is 7.58. The lowest BCUT2D eigenvalue weighted by Gasteiger charge is -2.19. The number of nitro benzene ring substituents is 1. The molecule has 4 heterocycles. The van der Waals surface area contributed by atoms with E-state index in [-0.39, 0.29) is 5.69 Å². The van der Waals surface area contributed by atoms with Gasteiger partial charge in [-0.2, -0.15) is 0 Å². The summed E-state index contributed by atoms with van der Waals surface area (Å²) in [5, 5.41) is 16.1. The maximum atomic E-state index is 11.9. The monoisotopic (exact) mass is 483 g/mol. The van der Waals surface area contributed by atoms with Crippen molar-refractivity contribution in [3.8, 4) is 0 Å². The zero-order valence-electron chi connectivity index (χ0n) is 15.2. The molecule has 2 aliphatic heterocycles. The third-order valence-electron chi connectivity index (χ3n) is 4.84. The maximum absolute atomic E-state index is 11.9. The number of rotatable bonds is 1. The van der Waals surface area contributed by atoms with E-state index in [4.69, 9.17) is 33.2 Å². The fraction of sp³-hybridized carbons (Fsp3) is 0. The molecule has 0 saturated heterocycles. The number of hydrogen-bond acceptors (Lipinski definition) is 8. The summed E-state index contributed by atoms with van der Waals surface area (Å²) in [7, 11) is 0. The van der Waals surface area contributed by atoms with Crippen molar-refractivity contribution in [3.63, 3.8) is 0 Å². The molecule has 0 saturated carbocycles. The zero-order valence-corrected chi connectivity index (χ0v) is 18.3. The van der Waals surface area contributed by atoms with Crippen LogP contribution in [0.15, 0.2) is 72.3 Å². The summed E-state index contributed by atoms with van der Waals surface area (Å²) in [6, 6.07) is 11.8. The molecule has 0 fully saturated rings. The van der Waals surface area contributed by atoms with E-state index in [1.807, 2.05) is 6.07 Å². The molecule has 0 amide bonds. The molecule has 4 aromatic rings. The fourth-order valence-corrected chi connectivity index (χ4v) is 6.20. The van der Waals surface area contributed by atoms with Gasteiger partial charge < -0.3 is 0 Å². The summed E-state index contributed by atoms with van der Waals surface area (Å²) in [5.74, 6) is 0. The standard InChI is InChI=1S/C20H7Cl2N5O2S2/c21-12-6-4-9-19(25-12)30-17-15(23-9)8-2-1-3-11(27(28)29)14(8)16-18(17)31-20-10(24-16)5-7-13(22)26-20/h1-7H. The Labute approximate surface area is 192 Å². The van der Waals surface area contributed by atoms with Gasteiger partial charge in [0, 0.05) is 11.5 Å². The second kappa shape index (κ2) is 6.89. The number of pyridine rings is 2. The second-order valence-electron chi connectivity index (χ2n) is 6.66. The molecule has 2 aromatic heterocycles. The molecule has 0 aliphatic carbocycles. The summed E-state index contributed by atoms with van der Waals surface area (Å²) in [4.78, 5) is 31.3. The molecule has 0 atom stereocenters. The van der Waals surface area contributed by atoms with Crippen molar-refractivity contribution in [2.45, 2.75) is 19.8 Å². The Kier molecular flexibility index (Phi) is 4.23. The minimum Gasteiger partial charge on any atom is -0.258 e. The Hall–Kier alpha value is -2.72. The molecule has 0 bridgehead atoms. The predicted octanol–water partition coefficient (Wildman–Crippen LogP) is 5.68. The van der Waals surface area contributed by atoms with Crippen molar-refractivity contribution < 1.29 is 4.92 Å². The first-order valence-corrected chi connectivity index (χ1v) is 11.3. The van der Waals surface area contributed by atoms with Crippen molar-refractivity contribution in [1.82, 2.24) is 9.97 Å². The van der Waals surface area contributed by atoms with Crippen LogP contribution in [0.5, 0.6) is 0 Å². The number of benzene rings is 2. The Morgan fingerprint density at radius 1 is 0.806 bits per heavy atom. The molecular weight excluding hydrogens is 477 g/mol. The van der Waals surface area contributed by atoms with Crippen molar-refractivity contribution in [1.29, 1.82) is 0 Å². The van der Waals surface area contributed by atoms with Crippen LogP contribution >= 0.6 is 46.7 Å². The molecule has 0 unspecified atom stereocenters. The molecular formula is C20H7Cl2N5O2S2. The number of aromatic nitrogens is 2. The van der Waals surface area contributed by atoms with Crippen molar-refractivity contribution in [3.05, 3.63) is 73.6 Å². The Bertz CT molecular complexity index is 1610. The van der Waals surface area contributed by atoms with Crippen LogP contribution in [0.25, 0.3) is 10.8 Å². The molecule has 11 heteroatoms. The number of nitrogens with zero attached hydrogens (tertiary/aromatic N) is 5. The SMILES string of the molecule is O=[N+]([O-])c1cccc2c3c(c4c(c12)=Nc1ccc(Cl)nc1S4)Sc1nc(Cl)ccc1N=3. The molecule has 31 heavy (non-hydrogen) atoms. The zero-order chi connectivity index (χ0) is 21.3. The van der Waals surface area contributed by atoms with E-state index in [1.165, 1.54) is 29.6 Å². The molecule has 2 aliphatic rings.